The number of rotatable bonds is 5. The van der Waals surface area contributed by atoms with Crippen molar-refractivity contribution >= 4 is 17.5 Å². The summed E-state index contributed by atoms with van der Waals surface area (Å²) in [5.74, 6) is -0.483. The zero-order valence-corrected chi connectivity index (χ0v) is 12.2. The lowest BCUT2D eigenvalue weighted by Gasteiger charge is -2.32. The van der Waals surface area contributed by atoms with E-state index in [9.17, 15) is 9.90 Å². The van der Waals surface area contributed by atoms with Gasteiger partial charge in [0, 0.05) is 23.7 Å². The standard InChI is InChI=1S/C15H21ClN2O2/c16-13-8-11(14(17)19)4-5-12(13)9-18-10-15(20)6-2-1-3-7-15/h4-5,8,18,20H,1-3,6-7,9-10H2,(H2,17,19). The summed E-state index contributed by atoms with van der Waals surface area (Å²) >= 11 is 6.12. The molecule has 1 saturated carbocycles. The van der Waals surface area contributed by atoms with E-state index in [1.54, 1.807) is 18.2 Å². The molecule has 0 saturated heterocycles. The van der Waals surface area contributed by atoms with Gasteiger partial charge in [-0.3, -0.25) is 4.79 Å². The van der Waals surface area contributed by atoms with Gasteiger partial charge >= 0.3 is 0 Å². The lowest BCUT2D eigenvalue weighted by atomic mass is 9.85. The Hall–Kier alpha value is -1.10. The van der Waals surface area contributed by atoms with Crippen molar-refractivity contribution in [2.45, 2.75) is 44.2 Å². The van der Waals surface area contributed by atoms with Gasteiger partial charge in [0.25, 0.3) is 0 Å². The van der Waals surface area contributed by atoms with Crippen LogP contribution < -0.4 is 11.1 Å². The molecule has 4 nitrogen and oxygen atoms in total. The average molecular weight is 297 g/mol. The first kappa shape index (κ1) is 15.3. The first-order valence-electron chi connectivity index (χ1n) is 7.01. The molecule has 4 N–H and O–H groups in total. The number of aliphatic hydroxyl groups is 1. The molecule has 1 amide bonds. The Morgan fingerprint density at radius 3 is 2.65 bits per heavy atom. The number of benzene rings is 1. The molecule has 1 aromatic carbocycles. The van der Waals surface area contributed by atoms with E-state index < -0.39 is 11.5 Å². The molecule has 2 rings (SSSR count). The van der Waals surface area contributed by atoms with Crippen LogP contribution in [0.1, 0.15) is 48.0 Å². The maximum atomic E-state index is 11.0. The van der Waals surface area contributed by atoms with Crippen molar-refractivity contribution in [3.63, 3.8) is 0 Å². The van der Waals surface area contributed by atoms with Gasteiger partial charge in [0.1, 0.15) is 0 Å². The average Bonchev–Trinajstić information content (AvgIpc) is 2.41. The molecule has 0 atom stereocenters. The summed E-state index contributed by atoms with van der Waals surface area (Å²) in [6.45, 7) is 1.14. The van der Waals surface area contributed by atoms with E-state index in [1.165, 1.54) is 6.42 Å². The summed E-state index contributed by atoms with van der Waals surface area (Å²) in [5, 5.41) is 14.1. The van der Waals surface area contributed by atoms with Crippen LogP contribution in [0.25, 0.3) is 0 Å². The third kappa shape index (κ3) is 3.95. The van der Waals surface area contributed by atoms with E-state index >= 15 is 0 Å². The Kier molecular flexibility index (Phi) is 5.02. The van der Waals surface area contributed by atoms with E-state index in [1.807, 2.05) is 0 Å². The number of carbonyl (C=O) groups excluding carboxylic acids is 1. The normalized spacial score (nSPS) is 17.9. The minimum Gasteiger partial charge on any atom is -0.389 e. The molecule has 0 unspecified atom stereocenters. The number of nitrogens with two attached hydrogens (primary N) is 1. The van der Waals surface area contributed by atoms with E-state index in [0.717, 1.165) is 31.2 Å². The maximum Gasteiger partial charge on any atom is 0.248 e. The Bertz CT molecular complexity index is 485. The second-order valence-corrected chi connectivity index (χ2v) is 5.97. The van der Waals surface area contributed by atoms with Gasteiger partial charge in [0.2, 0.25) is 5.91 Å². The third-order valence-corrected chi connectivity index (χ3v) is 4.24. The van der Waals surface area contributed by atoms with Gasteiger partial charge < -0.3 is 16.2 Å². The zero-order valence-electron chi connectivity index (χ0n) is 11.5. The van der Waals surface area contributed by atoms with Crippen LogP contribution in [0.15, 0.2) is 18.2 Å². The summed E-state index contributed by atoms with van der Waals surface area (Å²) in [7, 11) is 0. The Labute approximate surface area is 124 Å². The predicted molar refractivity (Wildman–Crippen MR) is 79.7 cm³/mol. The van der Waals surface area contributed by atoms with Crippen molar-refractivity contribution in [2.75, 3.05) is 6.54 Å². The van der Waals surface area contributed by atoms with Crippen LogP contribution in [0, 0.1) is 0 Å². The molecule has 0 heterocycles. The number of carbonyl (C=O) groups is 1. The molecule has 1 aliphatic rings. The molecular formula is C15H21ClN2O2. The maximum absolute atomic E-state index is 11.0. The number of hydrogen-bond acceptors (Lipinski definition) is 3. The summed E-state index contributed by atoms with van der Waals surface area (Å²) < 4.78 is 0. The monoisotopic (exact) mass is 296 g/mol. The van der Waals surface area contributed by atoms with E-state index in [-0.39, 0.29) is 0 Å². The van der Waals surface area contributed by atoms with Crippen molar-refractivity contribution in [3.05, 3.63) is 34.3 Å². The molecule has 0 radical (unpaired) electrons. The summed E-state index contributed by atoms with van der Waals surface area (Å²) in [5.41, 5.74) is 5.92. The fourth-order valence-corrected chi connectivity index (χ4v) is 2.91. The third-order valence-electron chi connectivity index (χ3n) is 3.89. The van der Waals surface area contributed by atoms with Crippen molar-refractivity contribution < 1.29 is 9.90 Å². The molecular weight excluding hydrogens is 276 g/mol. The SMILES string of the molecule is NC(=O)c1ccc(CNCC2(O)CCCCC2)c(Cl)c1. The fraction of sp³-hybridized carbons (Fsp3) is 0.533. The van der Waals surface area contributed by atoms with Gasteiger partial charge in [-0.2, -0.15) is 0 Å². The minimum absolute atomic E-state index is 0.407. The largest absolute Gasteiger partial charge is 0.389 e. The number of amides is 1. The topological polar surface area (TPSA) is 75.4 Å². The molecule has 0 aromatic heterocycles. The smallest absolute Gasteiger partial charge is 0.248 e. The van der Waals surface area contributed by atoms with E-state index in [4.69, 9.17) is 17.3 Å². The fourth-order valence-electron chi connectivity index (χ4n) is 2.66. The number of hydrogen-bond donors (Lipinski definition) is 3. The zero-order chi connectivity index (χ0) is 14.6. The van der Waals surface area contributed by atoms with Crippen LogP contribution in [0.4, 0.5) is 0 Å². The van der Waals surface area contributed by atoms with Crippen molar-refractivity contribution in [3.8, 4) is 0 Å². The van der Waals surface area contributed by atoms with Gasteiger partial charge in [-0.25, -0.2) is 0 Å². The van der Waals surface area contributed by atoms with Crippen LogP contribution in [0.3, 0.4) is 0 Å². The lowest BCUT2D eigenvalue weighted by Crippen LogP contribution is -2.41. The molecule has 1 aromatic rings. The highest BCUT2D eigenvalue weighted by atomic mass is 35.5. The number of nitrogens with one attached hydrogen (secondary N) is 1. The van der Waals surface area contributed by atoms with Gasteiger partial charge in [-0.15, -0.1) is 0 Å². The lowest BCUT2D eigenvalue weighted by molar-refractivity contribution is 0.00467. The molecule has 0 spiro atoms. The second kappa shape index (κ2) is 6.57. The van der Waals surface area contributed by atoms with E-state index in [0.29, 0.717) is 23.7 Å². The highest BCUT2D eigenvalue weighted by Gasteiger charge is 2.28. The number of primary amides is 1. The van der Waals surface area contributed by atoms with Gasteiger partial charge in [-0.1, -0.05) is 36.9 Å². The second-order valence-electron chi connectivity index (χ2n) is 5.56. The highest BCUT2D eigenvalue weighted by Crippen LogP contribution is 2.27. The minimum atomic E-state index is -0.585. The Morgan fingerprint density at radius 2 is 2.05 bits per heavy atom. The Morgan fingerprint density at radius 1 is 1.35 bits per heavy atom. The molecule has 0 aliphatic heterocycles. The summed E-state index contributed by atoms with van der Waals surface area (Å²) in [6, 6.07) is 5.04. The molecule has 0 bridgehead atoms. The molecule has 1 aliphatic carbocycles. The van der Waals surface area contributed by atoms with Crippen LogP contribution >= 0.6 is 11.6 Å². The molecule has 110 valence electrons. The van der Waals surface area contributed by atoms with Crippen LogP contribution in [-0.2, 0) is 6.54 Å². The van der Waals surface area contributed by atoms with Crippen LogP contribution in [0.5, 0.6) is 0 Å². The predicted octanol–water partition coefficient (Wildman–Crippen LogP) is 2.22. The van der Waals surface area contributed by atoms with E-state index in [2.05, 4.69) is 5.32 Å². The van der Waals surface area contributed by atoms with Crippen molar-refractivity contribution in [2.24, 2.45) is 5.73 Å². The first-order valence-corrected chi connectivity index (χ1v) is 7.39. The molecule has 1 fully saturated rings. The first-order chi connectivity index (χ1) is 9.50. The summed E-state index contributed by atoms with van der Waals surface area (Å²) in [6.07, 6.45) is 5.10. The molecule has 5 heteroatoms. The van der Waals surface area contributed by atoms with Gasteiger partial charge in [0.05, 0.1) is 5.60 Å². The van der Waals surface area contributed by atoms with Crippen molar-refractivity contribution in [1.82, 2.24) is 5.32 Å². The van der Waals surface area contributed by atoms with Gasteiger partial charge in [-0.05, 0) is 30.5 Å². The van der Waals surface area contributed by atoms with Gasteiger partial charge in [0.15, 0.2) is 0 Å². The quantitative estimate of drug-likeness (QED) is 0.780. The Balaban J connectivity index is 1.89. The van der Waals surface area contributed by atoms with Crippen molar-refractivity contribution in [1.29, 1.82) is 0 Å². The molecule has 20 heavy (non-hydrogen) atoms. The van der Waals surface area contributed by atoms with Crippen LogP contribution in [-0.4, -0.2) is 23.2 Å². The van der Waals surface area contributed by atoms with Crippen LogP contribution in [0.2, 0.25) is 5.02 Å². The highest BCUT2D eigenvalue weighted by molar-refractivity contribution is 6.31. The number of halogens is 1. The summed E-state index contributed by atoms with van der Waals surface area (Å²) in [4.78, 5) is 11.0.